The molecule has 1 aliphatic rings. The molecule has 12 nitrogen and oxygen atoms in total. The Morgan fingerprint density at radius 1 is 0.948 bits per heavy atom. The molecule has 4 aromatic carbocycles. The zero-order chi connectivity index (χ0) is 41.3. The molecule has 0 saturated carbocycles. The number of hydrogen-bond donors (Lipinski definition) is 0. The summed E-state index contributed by atoms with van der Waals surface area (Å²) in [4.78, 5) is 13.0. The van der Waals surface area contributed by atoms with E-state index in [0.29, 0.717) is 36.4 Å². The summed E-state index contributed by atoms with van der Waals surface area (Å²) in [5.74, 6) is -0.951. The lowest BCUT2D eigenvalue weighted by Crippen LogP contribution is -2.36. The maximum absolute atomic E-state index is 14.5. The number of aryl methyl sites for hydroxylation is 2. The standard InChI is InChI=1S/C42H45F3N4O8S/c1-4-55-39(50)25-37(36-16-17-38-41(29(36)2)46-47-49(38)19-8-9-21-54-27-31-12-14-35(53-3)15-13-31)33-22-32(23-34(24-33)42(43,44)45)26-48-20-18-40(57-58(48,51)52)56-28-30-10-6-5-7-11-30/h5-7,10-18,22-24,37H,4,8-9,19-21,25-28H2,1-3H3. The summed E-state index contributed by atoms with van der Waals surface area (Å²) in [6.45, 7) is 4.52. The molecule has 1 atom stereocenters. The number of fused-ring (bicyclic) bond motifs is 1. The molecule has 16 heteroatoms. The zero-order valence-corrected chi connectivity index (χ0v) is 33.2. The smallest absolute Gasteiger partial charge is 0.416 e. The second-order valence-corrected chi connectivity index (χ2v) is 15.3. The van der Waals surface area contributed by atoms with Crippen LogP contribution in [0.1, 0.15) is 71.0 Å². The van der Waals surface area contributed by atoms with Crippen molar-refractivity contribution in [3.8, 4) is 5.75 Å². The van der Waals surface area contributed by atoms with Crippen LogP contribution in [-0.2, 0) is 66.0 Å². The second kappa shape index (κ2) is 18.9. The van der Waals surface area contributed by atoms with Crippen molar-refractivity contribution in [3.63, 3.8) is 0 Å². The lowest BCUT2D eigenvalue weighted by molar-refractivity contribution is -0.143. The van der Waals surface area contributed by atoms with Gasteiger partial charge in [0.15, 0.2) is 0 Å². The fourth-order valence-corrected chi connectivity index (χ4v) is 7.68. The van der Waals surface area contributed by atoms with Gasteiger partial charge in [-0.15, -0.1) is 5.10 Å². The highest BCUT2D eigenvalue weighted by molar-refractivity contribution is 7.84. The summed E-state index contributed by atoms with van der Waals surface area (Å²) in [5, 5.41) is 8.77. The number of alkyl halides is 3. The molecule has 1 aliphatic heterocycles. The number of carbonyl (C=O) groups excluding carboxylic acids is 1. The molecular weight excluding hydrogens is 778 g/mol. The Morgan fingerprint density at radius 3 is 2.41 bits per heavy atom. The molecule has 58 heavy (non-hydrogen) atoms. The van der Waals surface area contributed by atoms with E-state index in [9.17, 15) is 26.4 Å². The van der Waals surface area contributed by atoms with Gasteiger partial charge in [-0.25, -0.2) is 4.68 Å². The number of halogens is 3. The van der Waals surface area contributed by atoms with E-state index in [2.05, 4.69) is 10.3 Å². The van der Waals surface area contributed by atoms with Crippen LogP contribution in [0.3, 0.4) is 0 Å². The molecule has 1 aromatic heterocycles. The van der Waals surface area contributed by atoms with Gasteiger partial charge in [0.2, 0.25) is 0 Å². The van der Waals surface area contributed by atoms with Gasteiger partial charge in [-0.1, -0.05) is 59.8 Å². The Balaban J connectivity index is 1.20. The first-order valence-electron chi connectivity index (χ1n) is 18.8. The molecule has 0 spiro atoms. The summed E-state index contributed by atoms with van der Waals surface area (Å²) >= 11 is 0. The fourth-order valence-electron chi connectivity index (χ4n) is 6.69. The van der Waals surface area contributed by atoms with E-state index in [1.807, 2.05) is 42.5 Å². The minimum Gasteiger partial charge on any atom is -0.497 e. The van der Waals surface area contributed by atoms with Crippen molar-refractivity contribution in [1.29, 1.82) is 0 Å². The van der Waals surface area contributed by atoms with Gasteiger partial charge in [-0.2, -0.15) is 25.9 Å². The molecule has 308 valence electrons. The molecule has 0 aliphatic carbocycles. The van der Waals surface area contributed by atoms with E-state index in [0.717, 1.165) is 51.7 Å². The van der Waals surface area contributed by atoms with Crippen LogP contribution in [0.4, 0.5) is 13.2 Å². The average molecular weight is 823 g/mol. The Kier molecular flexibility index (Phi) is 13.7. The highest BCUT2D eigenvalue weighted by atomic mass is 32.2. The molecule has 0 fully saturated rings. The van der Waals surface area contributed by atoms with Crippen molar-refractivity contribution in [1.82, 2.24) is 19.3 Å². The molecular formula is C42H45F3N4O8S. The van der Waals surface area contributed by atoms with Crippen LogP contribution in [0.15, 0.2) is 97.0 Å². The molecule has 0 bridgehead atoms. The van der Waals surface area contributed by atoms with Crippen molar-refractivity contribution in [3.05, 3.63) is 136 Å². The Morgan fingerprint density at radius 2 is 1.71 bits per heavy atom. The topological polar surface area (TPSA) is 131 Å². The minimum absolute atomic E-state index is 0.0468. The van der Waals surface area contributed by atoms with Gasteiger partial charge in [0, 0.05) is 38.2 Å². The number of ether oxygens (including phenoxy) is 4. The monoisotopic (exact) mass is 822 g/mol. The van der Waals surface area contributed by atoms with Gasteiger partial charge in [-0.3, -0.25) is 4.79 Å². The highest BCUT2D eigenvalue weighted by Crippen LogP contribution is 2.38. The number of aromatic nitrogens is 3. The van der Waals surface area contributed by atoms with E-state index in [1.165, 1.54) is 12.1 Å². The SMILES string of the molecule is CCOC(=O)CC(c1cc(CN2CC=C(OCc3ccccc3)OS2(=O)=O)cc(C(F)(F)F)c1)c1ccc2c(nnn2CCCCOCc2ccc(OC)cc2)c1C. The molecule has 5 aromatic rings. The van der Waals surface area contributed by atoms with E-state index < -0.39 is 40.5 Å². The van der Waals surface area contributed by atoms with Crippen molar-refractivity contribution >= 4 is 27.3 Å². The third kappa shape index (κ3) is 10.7. The first kappa shape index (κ1) is 42.2. The van der Waals surface area contributed by atoms with Crippen LogP contribution in [0.2, 0.25) is 0 Å². The van der Waals surface area contributed by atoms with Gasteiger partial charge in [0.1, 0.15) is 17.9 Å². The molecule has 0 saturated heterocycles. The molecule has 1 unspecified atom stereocenters. The summed E-state index contributed by atoms with van der Waals surface area (Å²) in [7, 11) is -2.81. The quantitative estimate of drug-likeness (QED) is 0.0633. The summed E-state index contributed by atoms with van der Waals surface area (Å²) in [6, 6.07) is 23.7. The van der Waals surface area contributed by atoms with E-state index >= 15 is 0 Å². The van der Waals surface area contributed by atoms with Crippen molar-refractivity contribution < 1.29 is 49.5 Å². The molecule has 0 amide bonds. The van der Waals surface area contributed by atoms with E-state index in [4.69, 9.17) is 23.1 Å². The van der Waals surface area contributed by atoms with Crippen LogP contribution in [0.25, 0.3) is 11.0 Å². The van der Waals surface area contributed by atoms with Crippen molar-refractivity contribution in [2.24, 2.45) is 0 Å². The van der Waals surface area contributed by atoms with Gasteiger partial charge < -0.3 is 23.1 Å². The van der Waals surface area contributed by atoms with Crippen molar-refractivity contribution in [2.45, 2.75) is 71.5 Å². The van der Waals surface area contributed by atoms with Crippen LogP contribution in [0, 0.1) is 6.92 Å². The Bertz CT molecular complexity index is 2320. The lowest BCUT2D eigenvalue weighted by atomic mass is 9.84. The maximum Gasteiger partial charge on any atom is 0.416 e. The summed E-state index contributed by atoms with van der Waals surface area (Å²) in [6.07, 6.45) is -2.11. The molecule has 2 heterocycles. The van der Waals surface area contributed by atoms with E-state index in [-0.39, 0.29) is 43.3 Å². The van der Waals surface area contributed by atoms with Gasteiger partial charge >= 0.3 is 22.4 Å². The van der Waals surface area contributed by atoms with Gasteiger partial charge in [0.25, 0.3) is 5.95 Å². The van der Waals surface area contributed by atoms with E-state index in [1.54, 1.807) is 49.9 Å². The Hall–Kier alpha value is -5.45. The number of benzene rings is 4. The predicted octanol–water partition coefficient (Wildman–Crippen LogP) is 7.98. The van der Waals surface area contributed by atoms with Gasteiger partial charge in [-0.05, 0) is 90.4 Å². The highest BCUT2D eigenvalue weighted by Gasteiger charge is 2.35. The maximum atomic E-state index is 14.5. The number of hydrogen-bond acceptors (Lipinski definition) is 10. The first-order valence-corrected chi connectivity index (χ1v) is 20.2. The van der Waals surface area contributed by atoms with Crippen LogP contribution < -0.4 is 4.74 Å². The number of nitrogens with zero attached hydrogens (tertiary/aromatic N) is 4. The van der Waals surface area contributed by atoms with Crippen LogP contribution in [-0.4, -0.2) is 60.6 Å². The third-order valence-corrected chi connectivity index (χ3v) is 10.9. The molecule has 0 N–H and O–H groups in total. The lowest BCUT2D eigenvalue weighted by Gasteiger charge is -2.26. The van der Waals surface area contributed by atoms with Gasteiger partial charge in [0.05, 0.1) is 37.8 Å². The van der Waals surface area contributed by atoms with Crippen LogP contribution in [0.5, 0.6) is 5.75 Å². The first-order chi connectivity index (χ1) is 27.8. The Labute approximate surface area is 335 Å². The largest absolute Gasteiger partial charge is 0.497 e. The number of rotatable bonds is 18. The molecule has 6 rings (SSSR count). The predicted molar refractivity (Wildman–Crippen MR) is 208 cm³/mol. The minimum atomic E-state index is -4.78. The van der Waals surface area contributed by atoms with Crippen LogP contribution >= 0.6 is 0 Å². The third-order valence-electron chi connectivity index (χ3n) is 9.66. The average Bonchev–Trinajstić information content (AvgIpc) is 3.62. The fraction of sp³-hybridized carbons (Fsp3) is 0.357. The number of esters is 1. The second-order valence-electron chi connectivity index (χ2n) is 13.7. The normalized spacial score (nSPS) is 14.8. The number of carbonyl (C=O) groups is 1. The number of methoxy groups -OCH3 is 1. The van der Waals surface area contributed by atoms with Crippen molar-refractivity contribution in [2.75, 3.05) is 26.9 Å². The number of unbranched alkanes of at least 4 members (excludes halogenated alkanes) is 1. The summed E-state index contributed by atoms with van der Waals surface area (Å²) in [5.41, 5.74) is 3.51. The zero-order valence-electron chi connectivity index (χ0n) is 32.4. The summed E-state index contributed by atoms with van der Waals surface area (Å²) < 4.78 is 99.4. The molecule has 0 radical (unpaired) electrons.